The largest absolute Gasteiger partial charge is 0.494 e. The van der Waals surface area contributed by atoms with E-state index in [2.05, 4.69) is 0 Å². The van der Waals surface area contributed by atoms with Gasteiger partial charge in [-0.1, -0.05) is 18.9 Å². The van der Waals surface area contributed by atoms with E-state index in [1.165, 1.54) is 11.5 Å². The molecule has 0 spiro atoms. The van der Waals surface area contributed by atoms with Gasteiger partial charge in [0, 0.05) is 6.04 Å². The Morgan fingerprint density at radius 1 is 1.21 bits per heavy atom. The van der Waals surface area contributed by atoms with Crippen molar-refractivity contribution >= 4 is 5.78 Å². The van der Waals surface area contributed by atoms with Crippen LogP contribution in [-0.4, -0.2) is 21.6 Å². The molecule has 0 saturated heterocycles. The fourth-order valence-corrected chi connectivity index (χ4v) is 4.18. The summed E-state index contributed by atoms with van der Waals surface area (Å²) >= 11 is 0. The molecular formula is C23H26N2O4. The highest BCUT2D eigenvalue weighted by atomic mass is 16.5. The third-order valence-electron chi connectivity index (χ3n) is 5.56. The van der Waals surface area contributed by atoms with Crippen LogP contribution in [0.15, 0.2) is 23.0 Å². The average molecular weight is 394 g/mol. The van der Waals surface area contributed by atoms with Crippen LogP contribution in [0.4, 0.5) is 0 Å². The van der Waals surface area contributed by atoms with Gasteiger partial charge in [0.1, 0.15) is 17.4 Å². The third-order valence-corrected chi connectivity index (χ3v) is 5.56. The zero-order valence-electron chi connectivity index (χ0n) is 17.3. The lowest BCUT2D eigenvalue weighted by Gasteiger charge is -2.22. The monoisotopic (exact) mass is 394 g/mol. The van der Waals surface area contributed by atoms with E-state index in [0.29, 0.717) is 5.75 Å². The van der Waals surface area contributed by atoms with Gasteiger partial charge in [-0.05, 0) is 69.4 Å². The zero-order valence-corrected chi connectivity index (χ0v) is 17.3. The highest BCUT2D eigenvalue weighted by Crippen LogP contribution is 2.34. The van der Waals surface area contributed by atoms with Crippen LogP contribution in [0, 0.1) is 32.1 Å². The summed E-state index contributed by atoms with van der Waals surface area (Å²) in [5, 5.41) is 20.4. The number of Topliss-reactive ketones (excluding diaryl/α,β-unsaturated/α-hetero) is 1. The second-order valence-electron chi connectivity index (χ2n) is 7.87. The number of aryl methyl sites for hydroxylation is 2. The first kappa shape index (κ1) is 20.7. The maximum atomic E-state index is 13.2. The van der Waals surface area contributed by atoms with Crippen molar-refractivity contribution in [2.45, 2.75) is 65.5 Å². The van der Waals surface area contributed by atoms with E-state index in [0.717, 1.165) is 36.8 Å². The van der Waals surface area contributed by atoms with Crippen molar-refractivity contribution < 1.29 is 14.6 Å². The van der Waals surface area contributed by atoms with E-state index in [1.54, 1.807) is 6.92 Å². The quantitative estimate of drug-likeness (QED) is 0.770. The highest BCUT2D eigenvalue weighted by Gasteiger charge is 2.31. The number of nitrogens with zero attached hydrogens (tertiary/aromatic N) is 2. The minimum absolute atomic E-state index is 0.00933. The number of aromatic nitrogens is 1. The number of aromatic hydroxyl groups is 1. The molecule has 1 aliphatic carbocycles. The molecular weight excluding hydrogens is 368 g/mol. The summed E-state index contributed by atoms with van der Waals surface area (Å²) in [6.07, 6.45) is 2.48. The number of hydrogen-bond donors (Lipinski definition) is 1. The van der Waals surface area contributed by atoms with Gasteiger partial charge in [-0.25, -0.2) is 0 Å². The average Bonchev–Trinajstić information content (AvgIpc) is 3.15. The topological polar surface area (TPSA) is 92.3 Å². The van der Waals surface area contributed by atoms with Crippen LogP contribution < -0.4 is 10.3 Å². The summed E-state index contributed by atoms with van der Waals surface area (Å²) in [5.74, 6) is -0.258. The number of pyridine rings is 1. The molecule has 1 aliphatic rings. The van der Waals surface area contributed by atoms with E-state index in [4.69, 9.17) is 4.74 Å². The molecule has 1 heterocycles. The van der Waals surface area contributed by atoms with E-state index < -0.39 is 17.4 Å². The summed E-state index contributed by atoms with van der Waals surface area (Å²) < 4.78 is 7.07. The Balaban J connectivity index is 2.04. The number of rotatable bonds is 5. The van der Waals surface area contributed by atoms with Gasteiger partial charge in [0.15, 0.2) is 6.10 Å². The van der Waals surface area contributed by atoms with Gasteiger partial charge < -0.3 is 9.84 Å². The molecule has 0 radical (unpaired) electrons. The van der Waals surface area contributed by atoms with Gasteiger partial charge in [-0.3, -0.25) is 14.2 Å². The number of benzene rings is 1. The molecule has 6 heteroatoms. The summed E-state index contributed by atoms with van der Waals surface area (Å²) in [6.45, 7) is 7.02. The van der Waals surface area contributed by atoms with Gasteiger partial charge >= 0.3 is 0 Å². The van der Waals surface area contributed by atoms with Gasteiger partial charge in [0.2, 0.25) is 11.7 Å². The van der Waals surface area contributed by atoms with E-state index in [-0.39, 0.29) is 28.6 Å². The van der Waals surface area contributed by atoms with Crippen molar-refractivity contribution in [3.8, 4) is 17.7 Å². The molecule has 1 fully saturated rings. The second-order valence-corrected chi connectivity index (χ2v) is 7.87. The number of nitriles is 1. The molecule has 3 rings (SSSR count). The smallest absolute Gasteiger partial charge is 0.271 e. The predicted octanol–water partition coefficient (Wildman–Crippen LogP) is 4.12. The van der Waals surface area contributed by atoms with E-state index in [1.807, 2.05) is 38.1 Å². The standard InChI is InChI=1S/C23H26N2O4/c1-13-9-14(2)11-18(10-13)29-16(4)21(26)20-15(3)19(12-24)22(27)25(23(20)28)17-7-5-6-8-17/h9-11,16-17,28H,5-8H2,1-4H3. The SMILES string of the molecule is Cc1cc(C)cc(OC(C)C(=O)c2c(C)c(C#N)c(=O)n(C3CCCC3)c2O)c1. The highest BCUT2D eigenvalue weighted by molar-refractivity contribution is 6.03. The number of carbonyl (C=O) groups is 1. The van der Waals surface area contributed by atoms with Gasteiger partial charge in [0.05, 0.1) is 5.56 Å². The lowest BCUT2D eigenvalue weighted by Crippen LogP contribution is -2.32. The van der Waals surface area contributed by atoms with Crippen molar-refractivity contribution in [3.05, 3.63) is 56.4 Å². The molecule has 1 N–H and O–H groups in total. The van der Waals surface area contributed by atoms with Gasteiger partial charge in [0.25, 0.3) is 5.56 Å². The summed E-state index contributed by atoms with van der Waals surface area (Å²) in [6, 6.07) is 7.40. The number of hydrogen-bond acceptors (Lipinski definition) is 5. The first-order valence-electron chi connectivity index (χ1n) is 9.92. The Morgan fingerprint density at radius 3 is 2.34 bits per heavy atom. The molecule has 2 aromatic rings. The van der Waals surface area contributed by atoms with Gasteiger partial charge in [-0.15, -0.1) is 0 Å². The fraction of sp³-hybridized carbons (Fsp3) is 0.435. The van der Waals surface area contributed by atoms with Crippen LogP contribution in [0.25, 0.3) is 0 Å². The van der Waals surface area contributed by atoms with Crippen molar-refractivity contribution in [2.75, 3.05) is 0 Å². The molecule has 1 atom stereocenters. The molecule has 6 nitrogen and oxygen atoms in total. The zero-order chi connectivity index (χ0) is 21.3. The third kappa shape index (κ3) is 3.91. The molecule has 0 aliphatic heterocycles. The van der Waals surface area contributed by atoms with Crippen molar-refractivity contribution in [3.63, 3.8) is 0 Å². The molecule has 1 aromatic heterocycles. The molecule has 152 valence electrons. The van der Waals surface area contributed by atoms with Crippen LogP contribution in [0.2, 0.25) is 0 Å². The van der Waals surface area contributed by atoms with Crippen molar-refractivity contribution in [1.29, 1.82) is 5.26 Å². The fourth-order valence-electron chi connectivity index (χ4n) is 4.18. The second kappa shape index (κ2) is 8.12. The molecule has 1 saturated carbocycles. The molecule has 1 unspecified atom stereocenters. The molecule has 29 heavy (non-hydrogen) atoms. The predicted molar refractivity (Wildman–Crippen MR) is 110 cm³/mol. The minimum Gasteiger partial charge on any atom is -0.494 e. The normalized spacial score (nSPS) is 15.1. The number of carbonyl (C=O) groups excluding carboxylic acids is 1. The Kier molecular flexibility index (Phi) is 5.78. The molecule has 0 bridgehead atoms. The molecule has 1 aromatic carbocycles. The number of ketones is 1. The van der Waals surface area contributed by atoms with E-state index in [9.17, 15) is 20.0 Å². The minimum atomic E-state index is -0.887. The van der Waals surface area contributed by atoms with Crippen LogP contribution in [0.5, 0.6) is 11.6 Å². The number of ether oxygens (including phenoxy) is 1. The Bertz CT molecular complexity index is 1040. The maximum absolute atomic E-state index is 13.2. The van der Waals surface area contributed by atoms with E-state index >= 15 is 0 Å². The first-order valence-corrected chi connectivity index (χ1v) is 9.92. The van der Waals surface area contributed by atoms with Crippen molar-refractivity contribution in [1.82, 2.24) is 4.57 Å². The summed E-state index contributed by atoms with van der Waals surface area (Å²) in [4.78, 5) is 26.0. The first-order chi connectivity index (χ1) is 13.7. The Morgan fingerprint density at radius 2 is 1.79 bits per heavy atom. The Hall–Kier alpha value is -3.07. The van der Waals surface area contributed by atoms with Gasteiger partial charge in [-0.2, -0.15) is 5.26 Å². The molecule has 0 amide bonds. The van der Waals surface area contributed by atoms with Crippen molar-refractivity contribution in [2.24, 2.45) is 0 Å². The Labute approximate surface area is 170 Å². The summed E-state index contributed by atoms with van der Waals surface area (Å²) in [5.41, 5.74) is 1.58. The van der Waals surface area contributed by atoms with Crippen LogP contribution in [-0.2, 0) is 0 Å². The van der Waals surface area contributed by atoms with Crippen LogP contribution >= 0.6 is 0 Å². The maximum Gasteiger partial charge on any atom is 0.271 e. The lowest BCUT2D eigenvalue weighted by molar-refractivity contribution is 0.0812. The summed E-state index contributed by atoms with van der Waals surface area (Å²) in [7, 11) is 0. The van der Waals surface area contributed by atoms with Crippen LogP contribution in [0.1, 0.15) is 71.3 Å². The van der Waals surface area contributed by atoms with Crippen LogP contribution in [0.3, 0.4) is 0 Å². The lowest BCUT2D eigenvalue weighted by atomic mass is 9.98.